The van der Waals surface area contributed by atoms with Gasteiger partial charge in [0, 0.05) is 43.2 Å². The van der Waals surface area contributed by atoms with Crippen LogP contribution in [0.15, 0.2) is 60.8 Å². The zero-order chi connectivity index (χ0) is 18.6. The van der Waals surface area contributed by atoms with Gasteiger partial charge in [0.05, 0.1) is 5.92 Å². The fourth-order valence-corrected chi connectivity index (χ4v) is 3.71. The van der Waals surface area contributed by atoms with Crippen LogP contribution >= 0.6 is 0 Å². The summed E-state index contributed by atoms with van der Waals surface area (Å²) in [6.45, 7) is 1.63. The Morgan fingerprint density at radius 2 is 1.89 bits per heavy atom. The molecule has 1 atom stereocenters. The first-order valence-electron chi connectivity index (χ1n) is 9.35. The molecule has 138 valence electrons. The first-order valence-corrected chi connectivity index (χ1v) is 9.35. The lowest BCUT2D eigenvalue weighted by Gasteiger charge is -2.16. The van der Waals surface area contributed by atoms with Crippen LogP contribution in [0.2, 0.25) is 0 Å². The van der Waals surface area contributed by atoms with E-state index in [-0.39, 0.29) is 17.7 Å². The number of likely N-dealkylation sites (tertiary alicyclic amines) is 1. The predicted octanol–water partition coefficient (Wildman–Crippen LogP) is 2.88. The van der Waals surface area contributed by atoms with Crippen LogP contribution < -0.4 is 5.32 Å². The molecule has 2 aromatic carbocycles. The number of amides is 2. The van der Waals surface area contributed by atoms with Crippen molar-refractivity contribution in [1.29, 1.82) is 0 Å². The Balaban J connectivity index is 1.29. The lowest BCUT2D eigenvalue weighted by molar-refractivity contribution is -0.129. The maximum atomic E-state index is 12.5. The van der Waals surface area contributed by atoms with Crippen molar-refractivity contribution >= 4 is 22.7 Å². The summed E-state index contributed by atoms with van der Waals surface area (Å²) in [7, 11) is 0. The van der Waals surface area contributed by atoms with Crippen LogP contribution in [-0.2, 0) is 22.6 Å². The molecule has 1 saturated heterocycles. The molecule has 0 radical (unpaired) electrons. The molecular formula is C22H23N3O2. The molecule has 5 heteroatoms. The van der Waals surface area contributed by atoms with Gasteiger partial charge < -0.3 is 15.2 Å². The monoisotopic (exact) mass is 361 g/mol. The van der Waals surface area contributed by atoms with Crippen LogP contribution in [0, 0.1) is 5.92 Å². The van der Waals surface area contributed by atoms with E-state index < -0.39 is 0 Å². The van der Waals surface area contributed by atoms with Crippen molar-refractivity contribution in [3.05, 3.63) is 71.9 Å². The van der Waals surface area contributed by atoms with E-state index in [0.717, 1.165) is 17.5 Å². The average Bonchev–Trinajstić information content (AvgIpc) is 3.27. The lowest BCUT2D eigenvalue weighted by Crippen LogP contribution is -2.34. The van der Waals surface area contributed by atoms with Gasteiger partial charge in [0.2, 0.25) is 11.8 Å². The molecule has 1 aliphatic heterocycles. The maximum absolute atomic E-state index is 12.5. The molecule has 0 aliphatic carbocycles. The highest BCUT2D eigenvalue weighted by Gasteiger charge is 2.33. The van der Waals surface area contributed by atoms with Crippen molar-refractivity contribution < 1.29 is 9.59 Å². The number of rotatable bonds is 6. The highest BCUT2D eigenvalue weighted by atomic mass is 16.2. The largest absolute Gasteiger partial charge is 0.361 e. The second-order valence-electron chi connectivity index (χ2n) is 7.06. The van der Waals surface area contributed by atoms with Crippen molar-refractivity contribution in [3.63, 3.8) is 0 Å². The Morgan fingerprint density at radius 3 is 2.74 bits per heavy atom. The quantitative estimate of drug-likeness (QED) is 0.709. The van der Waals surface area contributed by atoms with Gasteiger partial charge in [0.1, 0.15) is 0 Å². The number of nitrogens with one attached hydrogen (secondary N) is 2. The van der Waals surface area contributed by atoms with Crippen LogP contribution in [0.3, 0.4) is 0 Å². The summed E-state index contributed by atoms with van der Waals surface area (Å²) in [6, 6.07) is 18.0. The molecule has 4 rings (SSSR count). The Labute approximate surface area is 158 Å². The SMILES string of the molecule is O=C(NCCc1c[nH]c2ccccc12)[C@H]1CC(=O)N(Cc2ccccc2)C1. The molecule has 2 N–H and O–H groups in total. The number of nitrogens with zero attached hydrogens (tertiary/aromatic N) is 1. The number of para-hydroxylation sites is 1. The van der Waals surface area contributed by atoms with Gasteiger partial charge in [-0.3, -0.25) is 9.59 Å². The summed E-state index contributed by atoms with van der Waals surface area (Å²) in [4.78, 5) is 29.8. The third-order valence-electron chi connectivity index (χ3n) is 5.17. The summed E-state index contributed by atoms with van der Waals surface area (Å²) in [5.41, 5.74) is 3.39. The molecule has 2 amide bonds. The standard InChI is InChI=1S/C22H23N3O2/c26-21-12-18(15-25(21)14-16-6-2-1-3-7-16)22(27)23-11-10-17-13-24-20-9-5-4-8-19(17)20/h1-9,13,18,24H,10-12,14-15H2,(H,23,27)/t18-/m0/s1. The van der Waals surface area contributed by atoms with Gasteiger partial charge in [-0.15, -0.1) is 0 Å². The van der Waals surface area contributed by atoms with Gasteiger partial charge in [-0.25, -0.2) is 0 Å². The van der Waals surface area contributed by atoms with E-state index in [9.17, 15) is 9.59 Å². The van der Waals surface area contributed by atoms with Crippen LogP contribution in [0.5, 0.6) is 0 Å². The number of aromatic amines is 1. The van der Waals surface area contributed by atoms with Gasteiger partial charge in [-0.2, -0.15) is 0 Å². The first-order chi connectivity index (χ1) is 13.2. The Kier molecular flexibility index (Phi) is 4.92. The topological polar surface area (TPSA) is 65.2 Å². The lowest BCUT2D eigenvalue weighted by atomic mass is 10.1. The van der Waals surface area contributed by atoms with Gasteiger partial charge in [0.25, 0.3) is 0 Å². The molecule has 2 heterocycles. The van der Waals surface area contributed by atoms with Gasteiger partial charge in [-0.1, -0.05) is 48.5 Å². The van der Waals surface area contributed by atoms with E-state index in [0.29, 0.717) is 26.1 Å². The van der Waals surface area contributed by atoms with E-state index in [4.69, 9.17) is 0 Å². The minimum absolute atomic E-state index is 0.0289. The number of H-pyrrole nitrogens is 1. The zero-order valence-corrected chi connectivity index (χ0v) is 15.2. The molecule has 1 fully saturated rings. The molecule has 1 aromatic heterocycles. The Hall–Kier alpha value is -3.08. The normalized spacial score (nSPS) is 16.8. The van der Waals surface area contributed by atoms with Crippen molar-refractivity contribution in [2.75, 3.05) is 13.1 Å². The summed E-state index contributed by atoms with van der Waals surface area (Å²) < 4.78 is 0. The summed E-state index contributed by atoms with van der Waals surface area (Å²) >= 11 is 0. The fourth-order valence-electron chi connectivity index (χ4n) is 3.71. The first kappa shape index (κ1) is 17.3. The third kappa shape index (κ3) is 3.87. The van der Waals surface area contributed by atoms with Crippen LogP contribution in [0.4, 0.5) is 0 Å². The number of carbonyl (C=O) groups is 2. The Morgan fingerprint density at radius 1 is 1.11 bits per heavy atom. The number of hydrogen-bond acceptors (Lipinski definition) is 2. The van der Waals surface area contributed by atoms with Crippen LogP contribution in [-0.4, -0.2) is 34.8 Å². The maximum Gasteiger partial charge on any atom is 0.225 e. The molecular weight excluding hydrogens is 338 g/mol. The van der Waals surface area contributed by atoms with Crippen molar-refractivity contribution in [3.8, 4) is 0 Å². The number of fused-ring (bicyclic) bond motifs is 1. The highest BCUT2D eigenvalue weighted by molar-refractivity contribution is 5.89. The number of aromatic nitrogens is 1. The second-order valence-corrected chi connectivity index (χ2v) is 7.06. The molecule has 0 unspecified atom stereocenters. The number of benzene rings is 2. The van der Waals surface area contributed by atoms with Gasteiger partial charge in [-0.05, 0) is 23.6 Å². The molecule has 1 aliphatic rings. The van der Waals surface area contributed by atoms with E-state index in [1.807, 2.05) is 54.7 Å². The van der Waals surface area contributed by atoms with Crippen LogP contribution in [0.1, 0.15) is 17.5 Å². The Bertz CT molecular complexity index is 948. The fraction of sp³-hybridized carbons (Fsp3) is 0.273. The van der Waals surface area contributed by atoms with E-state index >= 15 is 0 Å². The third-order valence-corrected chi connectivity index (χ3v) is 5.17. The van der Waals surface area contributed by atoms with Gasteiger partial charge in [0.15, 0.2) is 0 Å². The zero-order valence-electron chi connectivity index (χ0n) is 15.2. The van der Waals surface area contributed by atoms with E-state index in [1.165, 1.54) is 10.9 Å². The molecule has 5 nitrogen and oxygen atoms in total. The average molecular weight is 361 g/mol. The highest BCUT2D eigenvalue weighted by Crippen LogP contribution is 2.21. The van der Waals surface area contributed by atoms with E-state index in [2.05, 4.69) is 16.4 Å². The van der Waals surface area contributed by atoms with Crippen molar-refractivity contribution in [1.82, 2.24) is 15.2 Å². The summed E-state index contributed by atoms with van der Waals surface area (Å²) in [5, 5.41) is 4.19. The predicted molar refractivity (Wildman–Crippen MR) is 105 cm³/mol. The molecule has 0 saturated carbocycles. The molecule has 0 bridgehead atoms. The summed E-state index contributed by atoms with van der Waals surface area (Å²) in [6.07, 6.45) is 3.06. The molecule has 0 spiro atoms. The van der Waals surface area contributed by atoms with Gasteiger partial charge >= 0.3 is 0 Å². The number of hydrogen-bond donors (Lipinski definition) is 2. The second kappa shape index (κ2) is 7.66. The van der Waals surface area contributed by atoms with Crippen LogP contribution in [0.25, 0.3) is 10.9 Å². The van der Waals surface area contributed by atoms with E-state index in [1.54, 1.807) is 4.90 Å². The molecule has 27 heavy (non-hydrogen) atoms. The van der Waals surface area contributed by atoms with Crippen molar-refractivity contribution in [2.24, 2.45) is 5.92 Å². The minimum Gasteiger partial charge on any atom is -0.361 e. The summed E-state index contributed by atoms with van der Waals surface area (Å²) in [5.74, 6) is -0.237. The number of carbonyl (C=O) groups excluding carboxylic acids is 2. The molecule has 3 aromatic rings. The van der Waals surface area contributed by atoms with Crippen molar-refractivity contribution in [2.45, 2.75) is 19.4 Å². The minimum atomic E-state index is -0.260. The smallest absolute Gasteiger partial charge is 0.225 e.